The Morgan fingerprint density at radius 2 is 1.55 bits per heavy atom. The van der Waals surface area contributed by atoms with Gasteiger partial charge < -0.3 is 15.4 Å². The van der Waals surface area contributed by atoms with Crippen molar-refractivity contribution >= 4 is 34.2 Å². The normalized spacial score (nSPS) is 13.1. The standard InChI is InChI=1S/C25H19Cl2N5O/c1-32-23(25-29-20-8-16-11-28-12-17(16)9-21(20)30-25)24(33)22(31-32)14-4-2-13(3-5-14)15-6-18(26)10-19(27)7-15/h2-10,28,33H,11-12H2,1H3,(H,29,30). The third-order valence-electron chi connectivity index (χ3n) is 6.03. The molecule has 2 aromatic heterocycles. The maximum atomic E-state index is 11.1. The minimum Gasteiger partial charge on any atom is -0.504 e. The number of benzene rings is 3. The highest BCUT2D eigenvalue weighted by Crippen LogP contribution is 2.38. The zero-order valence-corrected chi connectivity index (χ0v) is 19.2. The first-order valence-electron chi connectivity index (χ1n) is 10.5. The van der Waals surface area contributed by atoms with Gasteiger partial charge >= 0.3 is 0 Å². The zero-order valence-electron chi connectivity index (χ0n) is 17.7. The van der Waals surface area contributed by atoms with E-state index in [9.17, 15) is 5.11 Å². The monoisotopic (exact) mass is 475 g/mol. The predicted molar refractivity (Wildman–Crippen MR) is 131 cm³/mol. The summed E-state index contributed by atoms with van der Waals surface area (Å²) < 4.78 is 1.66. The van der Waals surface area contributed by atoms with Gasteiger partial charge in [-0.2, -0.15) is 5.10 Å². The third kappa shape index (κ3) is 3.47. The van der Waals surface area contributed by atoms with Crippen molar-refractivity contribution in [3.8, 4) is 39.7 Å². The first-order valence-corrected chi connectivity index (χ1v) is 11.3. The van der Waals surface area contributed by atoms with Crippen molar-refractivity contribution in [3.63, 3.8) is 0 Å². The number of nitrogens with zero attached hydrogens (tertiary/aromatic N) is 3. The summed E-state index contributed by atoms with van der Waals surface area (Å²) in [7, 11) is 1.80. The highest BCUT2D eigenvalue weighted by Gasteiger charge is 2.22. The van der Waals surface area contributed by atoms with Crippen LogP contribution in [0.2, 0.25) is 10.0 Å². The van der Waals surface area contributed by atoms with Crippen LogP contribution < -0.4 is 5.32 Å². The average Bonchev–Trinajstić information content (AvgIpc) is 3.47. The highest BCUT2D eigenvalue weighted by molar-refractivity contribution is 6.35. The van der Waals surface area contributed by atoms with E-state index in [0.717, 1.165) is 40.8 Å². The van der Waals surface area contributed by atoms with Crippen LogP contribution in [-0.2, 0) is 20.1 Å². The number of aryl methyl sites for hydroxylation is 1. The van der Waals surface area contributed by atoms with Crippen LogP contribution in [0.5, 0.6) is 5.75 Å². The van der Waals surface area contributed by atoms with Gasteiger partial charge in [-0.3, -0.25) is 4.68 Å². The van der Waals surface area contributed by atoms with Crippen LogP contribution in [0.1, 0.15) is 11.1 Å². The molecule has 1 aliphatic rings. The van der Waals surface area contributed by atoms with Crippen LogP contribution in [0.4, 0.5) is 0 Å². The Kier molecular flexibility index (Phi) is 4.69. The van der Waals surface area contributed by atoms with E-state index in [4.69, 9.17) is 28.2 Å². The molecule has 0 saturated carbocycles. The fraction of sp³-hybridized carbons (Fsp3) is 0.120. The first-order chi connectivity index (χ1) is 16.0. The van der Waals surface area contributed by atoms with Crippen molar-refractivity contribution in [1.29, 1.82) is 0 Å². The van der Waals surface area contributed by atoms with E-state index in [1.807, 2.05) is 36.4 Å². The lowest BCUT2D eigenvalue weighted by atomic mass is 10.0. The summed E-state index contributed by atoms with van der Waals surface area (Å²) in [4.78, 5) is 8.07. The summed E-state index contributed by atoms with van der Waals surface area (Å²) >= 11 is 12.3. The second kappa shape index (κ2) is 7.63. The highest BCUT2D eigenvalue weighted by atomic mass is 35.5. The van der Waals surface area contributed by atoms with Crippen molar-refractivity contribution in [2.75, 3.05) is 0 Å². The van der Waals surface area contributed by atoms with E-state index in [1.54, 1.807) is 17.8 Å². The molecule has 0 bridgehead atoms. The molecule has 6 nitrogen and oxygen atoms in total. The van der Waals surface area contributed by atoms with Gasteiger partial charge in [-0.15, -0.1) is 0 Å². The second-order valence-corrected chi connectivity index (χ2v) is 9.10. The average molecular weight is 476 g/mol. The number of halogens is 2. The zero-order chi connectivity index (χ0) is 22.7. The van der Waals surface area contributed by atoms with Crippen LogP contribution in [-0.4, -0.2) is 24.9 Å². The molecule has 0 saturated heterocycles. The summed E-state index contributed by atoms with van der Waals surface area (Å²) in [6.45, 7) is 1.71. The lowest BCUT2D eigenvalue weighted by Gasteiger charge is -2.05. The number of aromatic amines is 1. The molecule has 5 aromatic rings. The molecule has 33 heavy (non-hydrogen) atoms. The molecular weight excluding hydrogens is 457 g/mol. The number of hydrogen-bond acceptors (Lipinski definition) is 4. The predicted octanol–water partition coefficient (Wildman–Crippen LogP) is 5.91. The van der Waals surface area contributed by atoms with Gasteiger partial charge in [0.05, 0.1) is 11.0 Å². The van der Waals surface area contributed by atoms with Crippen molar-refractivity contribution in [2.24, 2.45) is 7.05 Å². The quantitative estimate of drug-likeness (QED) is 0.302. The summed E-state index contributed by atoms with van der Waals surface area (Å²) in [5.41, 5.74) is 8.09. The number of aromatic hydroxyl groups is 1. The molecule has 1 aliphatic heterocycles. The van der Waals surface area contributed by atoms with Crippen molar-refractivity contribution in [2.45, 2.75) is 13.1 Å². The van der Waals surface area contributed by atoms with E-state index in [-0.39, 0.29) is 5.75 Å². The molecule has 8 heteroatoms. The van der Waals surface area contributed by atoms with Crippen LogP contribution >= 0.6 is 23.2 Å². The van der Waals surface area contributed by atoms with E-state index in [2.05, 4.69) is 27.5 Å². The smallest absolute Gasteiger partial charge is 0.173 e. The Balaban J connectivity index is 1.38. The molecule has 0 atom stereocenters. The van der Waals surface area contributed by atoms with E-state index in [0.29, 0.717) is 27.3 Å². The largest absolute Gasteiger partial charge is 0.504 e. The van der Waals surface area contributed by atoms with Gasteiger partial charge in [-0.1, -0.05) is 47.5 Å². The van der Waals surface area contributed by atoms with Gasteiger partial charge in [-0.05, 0) is 52.6 Å². The third-order valence-corrected chi connectivity index (χ3v) is 6.47. The topological polar surface area (TPSA) is 78.8 Å². The Labute approximate surface area is 199 Å². The Bertz CT molecular complexity index is 1470. The van der Waals surface area contributed by atoms with Gasteiger partial charge in [0, 0.05) is 35.7 Å². The summed E-state index contributed by atoms with van der Waals surface area (Å²) in [5.74, 6) is 0.676. The Hall–Kier alpha value is -3.32. The molecule has 3 heterocycles. The molecule has 3 N–H and O–H groups in total. The maximum Gasteiger partial charge on any atom is 0.173 e. The Morgan fingerprint density at radius 3 is 2.27 bits per heavy atom. The van der Waals surface area contributed by atoms with Gasteiger partial charge in [0.1, 0.15) is 11.4 Å². The minimum absolute atomic E-state index is 0.0873. The van der Waals surface area contributed by atoms with Gasteiger partial charge in [-0.25, -0.2) is 4.98 Å². The molecule has 164 valence electrons. The number of H-pyrrole nitrogens is 1. The van der Waals surface area contributed by atoms with Crippen LogP contribution in [0.25, 0.3) is 44.9 Å². The first kappa shape index (κ1) is 20.3. The van der Waals surface area contributed by atoms with Gasteiger partial charge in [0.15, 0.2) is 11.6 Å². The van der Waals surface area contributed by atoms with Crippen molar-refractivity contribution < 1.29 is 5.11 Å². The van der Waals surface area contributed by atoms with Crippen LogP contribution in [0.3, 0.4) is 0 Å². The summed E-state index contributed by atoms with van der Waals surface area (Å²) in [6, 6.07) is 17.4. The van der Waals surface area contributed by atoms with Crippen molar-refractivity contribution in [1.82, 2.24) is 25.1 Å². The van der Waals surface area contributed by atoms with E-state index < -0.39 is 0 Å². The van der Waals surface area contributed by atoms with Crippen molar-refractivity contribution in [3.05, 3.63) is 75.8 Å². The summed E-state index contributed by atoms with van der Waals surface area (Å²) in [6.07, 6.45) is 0. The Morgan fingerprint density at radius 1 is 0.879 bits per heavy atom. The fourth-order valence-corrected chi connectivity index (χ4v) is 4.96. The molecule has 6 rings (SSSR count). The summed E-state index contributed by atoms with van der Waals surface area (Å²) in [5, 5.41) is 20.2. The number of rotatable bonds is 3. The molecule has 0 spiro atoms. The van der Waals surface area contributed by atoms with Gasteiger partial charge in [0.25, 0.3) is 0 Å². The number of imidazole rings is 1. The van der Waals surface area contributed by atoms with Gasteiger partial charge in [0.2, 0.25) is 0 Å². The van der Waals surface area contributed by atoms with E-state index in [1.165, 1.54) is 11.1 Å². The van der Waals surface area contributed by atoms with E-state index >= 15 is 0 Å². The maximum absolute atomic E-state index is 11.1. The molecule has 0 amide bonds. The molecule has 0 unspecified atom stereocenters. The molecule has 3 aromatic carbocycles. The lowest BCUT2D eigenvalue weighted by Crippen LogP contribution is -1.99. The number of aromatic nitrogens is 4. The SMILES string of the molecule is Cn1nc(-c2ccc(-c3cc(Cl)cc(Cl)c3)cc2)c(O)c1-c1nc2cc3c(cc2[nH]1)CNC3. The number of hydrogen-bond donors (Lipinski definition) is 3. The fourth-order valence-electron chi connectivity index (χ4n) is 4.43. The molecular formula is C25H19Cl2N5O. The van der Waals surface area contributed by atoms with Crippen LogP contribution in [0, 0.1) is 0 Å². The molecule has 0 aliphatic carbocycles. The lowest BCUT2D eigenvalue weighted by molar-refractivity contribution is 0.478. The number of fused-ring (bicyclic) bond motifs is 2. The molecule has 0 radical (unpaired) electrons. The number of nitrogens with one attached hydrogen (secondary N) is 2. The second-order valence-electron chi connectivity index (χ2n) is 8.23. The molecule has 0 fully saturated rings. The minimum atomic E-state index is 0.0873. The van der Waals surface area contributed by atoms with Crippen LogP contribution in [0.15, 0.2) is 54.6 Å².